The Morgan fingerprint density at radius 3 is 1.67 bits per heavy atom. The maximum atomic E-state index is 4.58. The summed E-state index contributed by atoms with van der Waals surface area (Å²) >= 11 is 0. The quantitative estimate of drug-likeness (QED) is 0.718. The fourth-order valence-corrected chi connectivity index (χ4v) is 2.70. The van der Waals surface area contributed by atoms with Crippen LogP contribution in [0.4, 0.5) is 0 Å². The number of rotatable bonds is 0. The van der Waals surface area contributed by atoms with Crippen molar-refractivity contribution in [1.82, 2.24) is 10.9 Å². The minimum atomic E-state index is 0.713. The molecule has 0 aromatic rings. The summed E-state index contributed by atoms with van der Waals surface area (Å²) in [7, 11) is 0. The lowest BCUT2D eigenvalue weighted by Gasteiger charge is -1.96. The maximum absolute atomic E-state index is 4.58. The zero-order valence-electron chi connectivity index (χ0n) is 12.6. The zero-order valence-corrected chi connectivity index (χ0v) is 12.6. The van der Waals surface area contributed by atoms with E-state index in [9.17, 15) is 0 Å². The first-order valence-electron chi connectivity index (χ1n) is 7.58. The van der Waals surface area contributed by atoms with Gasteiger partial charge in [-0.15, -0.1) is 0 Å². The third kappa shape index (κ3) is 2.40. The first kappa shape index (κ1) is 13.0. The SMILES string of the molecule is C1=CC2=NC1=CC1=NC(=CC3=NC(=CC4=NC(=C2)C=C4)NN3)C=C1. The average molecular weight is 312 g/mol. The van der Waals surface area contributed by atoms with Crippen LogP contribution in [0.1, 0.15) is 0 Å². The van der Waals surface area contributed by atoms with E-state index in [4.69, 9.17) is 0 Å². The number of hydrogen-bond donors (Lipinski definition) is 2. The zero-order chi connectivity index (χ0) is 15.9. The summed E-state index contributed by atoms with van der Waals surface area (Å²) in [6.07, 6.45) is 19.5. The molecule has 0 spiro atoms. The monoisotopic (exact) mass is 312 g/mol. The second-order valence-electron chi connectivity index (χ2n) is 5.59. The molecule has 0 amide bonds. The van der Waals surface area contributed by atoms with E-state index in [1.165, 1.54) is 0 Å². The third-order valence-electron chi connectivity index (χ3n) is 3.77. The number of hydrazine groups is 1. The van der Waals surface area contributed by atoms with Gasteiger partial charge >= 0.3 is 0 Å². The molecule has 5 aliphatic rings. The van der Waals surface area contributed by atoms with Gasteiger partial charge in [-0.25, -0.2) is 20.0 Å². The molecule has 0 fully saturated rings. The van der Waals surface area contributed by atoms with E-state index in [-0.39, 0.29) is 0 Å². The van der Waals surface area contributed by atoms with Crippen LogP contribution < -0.4 is 10.9 Å². The highest BCUT2D eigenvalue weighted by Crippen LogP contribution is 2.18. The van der Waals surface area contributed by atoms with Crippen molar-refractivity contribution in [2.75, 3.05) is 0 Å². The molecule has 24 heavy (non-hydrogen) atoms. The Morgan fingerprint density at radius 1 is 0.500 bits per heavy atom. The fraction of sp³-hybridized carbons (Fsp3) is 0. The highest BCUT2D eigenvalue weighted by molar-refractivity contribution is 6.13. The summed E-state index contributed by atoms with van der Waals surface area (Å²) in [5.41, 5.74) is 11.2. The van der Waals surface area contributed by atoms with E-state index < -0.39 is 0 Å². The molecule has 0 unspecified atom stereocenters. The summed E-state index contributed by atoms with van der Waals surface area (Å²) < 4.78 is 0. The normalized spacial score (nSPS) is 22.7. The summed E-state index contributed by atoms with van der Waals surface area (Å²) in [5.74, 6) is 1.43. The summed E-state index contributed by atoms with van der Waals surface area (Å²) in [4.78, 5) is 18.2. The number of amidine groups is 1. The van der Waals surface area contributed by atoms with Crippen LogP contribution in [-0.4, -0.2) is 23.0 Å². The molecule has 0 aromatic heterocycles. The first-order chi connectivity index (χ1) is 11.8. The molecule has 0 aromatic carbocycles. The third-order valence-corrected chi connectivity index (χ3v) is 3.77. The topological polar surface area (TPSA) is 73.5 Å². The number of nitrogens with zero attached hydrogens (tertiary/aromatic N) is 4. The largest absolute Gasteiger partial charge is 0.283 e. The lowest BCUT2D eigenvalue weighted by Crippen LogP contribution is -2.28. The molecule has 5 aliphatic heterocycles. The Balaban J connectivity index is 1.64. The van der Waals surface area contributed by atoms with Crippen LogP contribution >= 0.6 is 0 Å². The lowest BCUT2D eigenvalue weighted by atomic mass is 10.2. The van der Waals surface area contributed by atoms with E-state index >= 15 is 0 Å². The maximum Gasteiger partial charge on any atom is 0.149 e. The van der Waals surface area contributed by atoms with Crippen molar-refractivity contribution in [2.24, 2.45) is 20.0 Å². The minimum Gasteiger partial charge on any atom is -0.283 e. The van der Waals surface area contributed by atoms with E-state index in [1.54, 1.807) is 0 Å². The molecule has 0 atom stereocenters. The number of hydrogen-bond acceptors (Lipinski definition) is 6. The number of fused-ring (bicyclic) bond motifs is 4. The van der Waals surface area contributed by atoms with E-state index in [2.05, 4.69) is 30.8 Å². The van der Waals surface area contributed by atoms with E-state index in [0.29, 0.717) is 11.7 Å². The van der Waals surface area contributed by atoms with Gasteiger partial charge in [-0.05, 0) is 48.6 Å². The van der Waals surface area contributed by atoms with E-state index in [1.807, 2.05) is 60.8 Å². The Bertz CT molecular complexity index is 987. The molecule has 0 saturated carbocycles. The van der Waals surface area contributed by atoms with E-state index in [0.717, 1.165) is 34.2 Å². The summed E-state index contributed by atoms with van der Waals surface area (Å²) in [6, 6.07) is 0. The molecular formula is C18H12N6. The van der Waals surface area contributed by atoms with Gasteiger partial charge in [0.1, 0.15) is 11.7 Å². The standard InChI is InChI=1S/C18H12N6/c1-2-12-8-14-4-6-16(21-14)10-18-22-17(23-24-18)9-15-5-3-13(20-15)7-11(1)19-12/h1-10H,(H2,22,23,24). The van der Waals surface area contributed by atoms with Crippen LogP contribution in [-0.2, 0) is 0 Å². The first-order valence-corrected chi connectivity index (χ1v) is 7.58. The molecule has 2 N–H and O–H groups in total. The van der Waals surface area contributed by atoms with Crippen molar-refractivity contribution >= 4 is 23.0 Å². The second kappa shape index (κ2) is 4.99. The van der Waals surface area contributed by atoms with Gasteiger partial charge in [0.2, 0.25) is 0 Å². The molecule has 0 radical (unpaired) electrons. The van der Waals surface area contributed by atoms with Gasteiger partial charge in [0.25, 0.3) is 0 Å². The van der Waals surface area contributed by atoms with Crippen LogP contribution in [0.15, 0.2) is 104 Å². The van der Waals surface area contributed by atoms with Gasteiger partial charge < -0.3 is 0 Å². The van der Waals surface area contributed by atoms with Crippen LogP contribution in [0.25, 0.3) is 0 Å². The van der Waals surface area contributed by atoms with Crippen molar-refractivity contribution in [3.8, 4) is 0 Å². The predicted octanol–water partition coefficient (Wildman–Crippen LogP) is 2.03. The Hall–Kier alpha value is -3.54. The number of allylic oxidation sites excluding steroid dienone is 9. The van der Waals surface area contributed by atoms with Crippen molar-refractivity contribution < 1.29 is 0 Å². The van der Waals surface area contributed by atoms with Gasteiger partial charge in [-0.2, -0.15) is 0 Å². The summed E-state index contributed by atoms with van der Waals surface area (Å²) in [6.45, 7) is 0. The molecule has 5 rings (SSSR count). The van der Waals surface area contributed by atoms with Gasteiger partial charge in [-0.3, -0.25) is 10.9 Å². The Kier molecular flexibility index (Phi) is 2.69. The van der Waals surface area contributed by atoms with Gasteiger partial charge in [0, 0.05) is 12.2 Å². The molecule has 6 heteroatoms. The summed E-state index contributed by atoms with van der Waals surface area (Å²) in [5, 5.41) is 0. The molecular weight excluding hydrogens is 300 g/mol. The number of aliphatic imine (C=N–C) groups is 4. The average Bonchev–Trinajstić information content (AvgIpc) is 3.32. The molecule has 6 nitrogen and oxygen atoms in total. The van der Waals surface area contributed by atoms with Crippen molar-refractivity contribution in [3.63, 3.8) is 0 Å². The molecule has 0 aliphatic carbocycles. The smallest absolute Gasteiger partial charge is 0.149 e. The Labute approximate surface area is 138 Å². The lowest BCUT2D eigenvalue weighted by molar-refractivity contribution is 0.811. The van der Waals surface area contributed by atoms with Gasteiger partial charge in [0.05, 0.1) is 34.2 Å². The van der Waals surface area contributed by atoms with Crippen LogP contribution in [0, 0.1) is 0 Å². The van der Waals surface area contributed by atoms with Crippen LogP contribution in [0.3, 0.4) is 0 Å². The molecule has 5 heterocycles. The number of nitrogens with one attached hydrogen (secondary N) is 2. The highest BCUT2D eigenvalue weighted by Gasteiger charge is 2.13. The highest BCUT2D eigenvalue weighted by atomic mass is 15.5. The molecule has 8 bridgehead atoms. The fourth-order valence-electron chi connectivity index (χ4n) is 2.70. The van der Waals surface area contributed by atoms with Crippen molar-refractivity contribution in [1.29, 1.82) is 0 Å². The molecule has 114 valence electrons. The second-order valence-corrected chi connectivity index (χ2v) is 5.59. The predicted molar refractivity (Wildman–Crippen MR) is 95.8 cm³/mol. The van der Waals surface area contributed by atoms with Crippen molar-refractivity contribution in [3.05, 3.63) is 83.7 Å². The van der Waals surface area contributed by atoms with Crippen LogP contribution in [0.2, 0.25) is 0 Å². The minimum absolute atomic E-state index is 0.713. The van der Waals surface area contributed by atoms with Gasteiger partial charge in [0.15, 0.2) is 0 Å². The van der Waals surface area contributed by atoms with Crippen LogP contribution in [0.5, 0.6) is 0 Å². The molecule has 0 saturated heterocycles. The van der Waals surface area contributed by atoms with Gasteiger partial charge in [-0.1, -0.05) is 0 Å². The van der Waals surface area contributed by atoms with Crippen molar-refractivity contribution in [2.45, 2.75) is 0 Å². The Morgan fingerprint density at radius 2 is 1.04 bits per heavy atom.